The van der Waals surface area contributed by atoms with Crippen LogP contribution in [0.2, 0.25) is 0 Å². The van der Waals surface area contributed by atoms with Crippen molar-refractivity contribution in [3.05, 3.63) is 36.7 Å². The molecule has 2 saturated heterocycles. The number of carbonyl (C=O) groups excluding carboxylic acids is 1. The Morgan fingerprint density at radius 1 is 1.18 bits per heavy atom. The van der Waals surface area contributed by atoms with E-state index >= 15 is 0 Å². The van der Waals surface area contributed by atoms with E-state index in [0.717, 1.165) is 17.7 Å². The van der Waals surface area contributed by atoms with Crippen molar-refractivity contribution in [2.45, 2.75) is 50.9 Å². The fraction of sp³-hybridized carbons (Fsp3) is 0.476. The molecule has 3 heterocycles. The zero-order chi connectivity index (χ0) is 19.6. The number of rotatable bonds is 9. The van der Waals surface area contributed by atoms with Crippen LogP contribution < -0.4 is 9.47 Å². The van der Waals surface area contributed by atoms with Crippen LogP contribution in [0.4, 0.5) is 0 Å². The summed E-state index contributed by atoms with van der Waals surface area (Å²) in [6, 6.07) is 7.58. The number of epoxide rings is 2. The molecule has 7 nitrogen and oxygen atoms in total. The molecule has 0 aliphatic carbocycles. The van der Waals surface area contributed by atoms with Gasteiger partial charge in [0.25, 0.3) is 0 Å². The Labute approximate surface area is 164 Å². The summed E-state index contributed by atoms with van der Waals surface area (Å²) in [5, 5.41) is 0. The summed E-state index contributed by atoms with van der Waals surface area (Å²) in [4.78, 5) is 20.4. The van der Waals surface area contributed by atoms with Crippen LogP contribution in [0, 0.1) is 0 Å². The Morgan fingerprint density at radius 2 is 1.89 bits per heavy atom. The highest BCUT2D eigenvalue weighted by atomic mass is 16.6. The van der Waals surface area contributed by atoms with E-state index in [2.05, 4.69) is 16.9 Å². The molecule has 7 heteroatoms. The molecule has 0 amide bonds. The van der Waals surface area contributed by atoms with Gasteiger partial charge in [-0.1, -0.05) is 19.8 Å². The zero-order valence-corrected chi connectivity index (χ0v) is 16.1. The second-order valence-corrected chi connectivity index (χ2v) is 7.34. The van der Waals surface area contributed by atoms with Gasteiger partial charge in [0.05, 0.1) is 25.1 Å². The van der Waals surface area contributed by atoms with Gasteiger partial charge in [-0.2, -0.15) is 0 Å². The smallest absolute Gasteiger partial charge is 0.346 e. The van der Waals surface area contributed by atoms with Gasteiger partial charge in [-0.25, -0.2) is 14.8 Å². The van der Waals surface area contributed by atoms with Crippen molar-refractivity contribution >= 4 is 5.97 Å². The summed E-state index contributed by atoms with van der Waals surface area (Å²) in [6.45, 7) is 4.83. The molecule has 0 bridgehead atoms. The maximum atomic E-state index is 11.8. The number of esters is 1. The molecule has 0 spiro atoms. The van der Waals surface area contributed by atoms with Crippen molar-refractivity contribution in [1.82, 2.24) is 9.97 Å². The first-order chi connectivity index (χ1) is 13.6. The number of unbranched alkanes of at least 4 members (excludes halogenated alkanes) is 1. The molecule has 4 rings (SSSR count). The molecule has 2 aliphatic rings. The third-order valence-corrected chi connectivity index (χ3v) is 4.90. The normalized spacial score (nSPS) is 25.2. The number of aromatic nitrogens is 2. The van der Waals surface area contributed by atoms with Crippen LogP contribution in [0.25, 0.3) is 11.4 Å². The van der Waals surface area contributed by atoms with E-state index < -0.39 is 11.6 Å². The minimum absolute atomic E-state index is 0.216. The Bertz CT molecular complexity index is 818. The molecule has 2 aliphatic heterocycles. The molecule has 0 N–H and O–H groups in total. The topological polar surface area (TPSA) is 86.4 Å². The van der Waals surface area contributed by atoms with Gasteiger partial charge in [-0.15, -0.1) is 0 Å². The standard InChI is InChI=1S/C21H24N2O5/c1-3-4-5-17-18(28-17)12-25-15-8-6-14(7-9-15)19-22-10-16(11-23-19)27-20(24)21(2)13-26-21/h6-11,17-18H,3-5,12-13H2,1-2H3/t17-,18?,21-/m0/s1. The van der Waals surface area contributed by atoms with Gasteiger partial charge in [-0.3, -0.25) is 0 Å². The predicted octanol–water partition coefficient (Wildman–Crippen LogP) is 3.17. The third-order valence-electron chi connectivity index (χ3n) is 4.90. The number of nitrogens with zero attached hydrogens (tertiary/aromatic N) is 2. The van der Waals surface area contributed by atoms with Crippen molar-refractivity contribution in [3.8, 4) is 22.9 Å². The van der Waals surface area contributed by atoms with Crippen molar-refractivity contribution in [2.75, 3.05) is 13.2 Å². The van der Waals surface area contributed by atoms with Crippen LogP contribution in [-0.4, -0.2) is 47.0 Å². The number of carbonyl (C=O) groups is 1. The lowest BCUT2D eigenvalue weighted by Crippen LogP contribution is -2.26. The quantitative estimate of drug-likeness (QED) is 0.485. The SMILES string of the molecule is CCCC[C@@H]1OC1COc1ccc(-c2ncc(OC(=O)[C@]3(C)CO3)cn2)cc1. The summed E-state index contributed by atoms with van der Waals surface area (Å²) in [5.41, 5.74) is 0.0296. The van der Waals surface area contributed by atoms with Crippen LogP contribution in [0.5, 0.6) is 11.5 Å². The number of hydrogen-bond acceptors (Lipinski definition) is 7. The lowest BCUT2D eigenvalue weighted by molar-refractivity contribution is -0.139. The zero-order valence-electron chi connectivity index (χ0n) is 16.1. The molecule has 2 fully saturated rings. The van der Waals surface area contributed by atoms with Crippen molar-refractivity contribution in [3.63, 3.8) is 0 Å². The fourth-order valence-corrected chi connectivity index (χ4v) is 2.82. The molecule has 1 aromatic carbocycles. The Hall–Kier alpha value is -2.51. The highest BCUT2D eigenvalue weighted by molar-refractivity contribution is 5.83. The first-order valence-corrected chi connectivity index (χ1v) is 9.64. The highest BCUT2D eigenvalue weighted by Crippen LogP contribution is 2.29. The van der Waals surface area contributed by atoms with E-state index in [-0.39, 0.29) is 6.10 Å². The van der Waals surface area contributed by atoms with Crippen LogP contribution >= 0.6 is 0 Å². The lowest BCUT2D eigenvalue weighted by atomic mass is 10.1. The van der Waals surface area contributed by atoms with Gasteiger partial charge in [0.15, 0.2) is 17.2 Å². The number of hydrogen-bond donors (Lipinski definition) is 0. The summed E-state index contributed by atoms with van der Waals surface area (Å²) in [6.07, 6.45) is 7.03. The van der Waals surface area contributed by atoms with Gasteiger partial charge in [0.1, 0.15) is 18.5 Å². The molecule has 0 saturated carbocycles. The van der Waals surface area contributed by atoms with Gasteiger partial charge >= 0.3 is 5.97 Å². The largest absolute Gasteiger partial charge is 0.491 e. The Balaban J connectivity index is 1.28. The summed E-state index contributed by atoms with van der Waals surface area (Å²) in [7, 11) is 0. The lowest BCUT2D eigenvalue weighted by Gasteiger charge is -2.07. The van der Waals surface area contributed by atoms with Crippen molar-refractivity contribution in [2.24, 2.45) is 0 Å². The van der Waals surface area contributed by atoms with Crippen LogP contribution in [-0.2, 0) is 14.3 Å². The van der Waals surface area contributed by atoms with Crippen LogP contribution in [0.15, 0.2) is 36.7 Å². The monoisotopic (exact) mass is 384 g/mol. The van der Waals surface area contributed by atoms with Gasteiger partial charge in [0, 0.05) is 5.56 Å². The van der Waals surface area contributed by atoms with Crippen molar-refractivity contribution in [1.29, 1.82) is 0 Å². The second-order valence-electron chi connectivity index (χ2n) is 7.34. The van der Waals surface area contributed by atoms with E-state index in [1.54, 1.807) is 6.92 Å². The van der Waals surface area contributed by atoms with Crippen molar-refractivity contribution < 1.29 is 23.7 Å². The minimum atomic E-state index is -0.823. The van der Waals surface area contributed by atoms with Gasteiger partial charge in [-0.05, 0) is 37.6 Å². The average Bonchev–Trinajstić information content (AvgIpc) is 3.64. The van der Waals surface area contributed by atoms with Gasteiger partial charge in [0.2, 0.25) is 0 Å². The maximum absolute atomic E-state index is 11.8. The highest BCUT2D eigenvalue weighted by Gasteiger charge is 2.49. The second kappa shape index (κ2) is 7.85. The molecular formula is C21H24N2O5. The first-order valence-electron chi connectivity index (χ1n) is 9.64. The van der Waals surface area contributed by atoms with E-state index in [1.165, 1.54) is 25.2 Å². The average molecular weight is 384 g/mol. The maximum Gasteiger partial charge on any atom is 0.346 e. The summed E-state index contributed by atoms with van der Waals surface area (Å²) >= 11 is 0. The molecule has 148 valence electrons. The van der Waals surface area contributed by atoms with E-state index in [9.17, 15) is 4.79 Å². The Morgan fingerprint density at radius 3 is 2.54 bits per heavy atom. The summed E-state index contributed by atoms with van der Waals surface area (Å²) < 4.78 is 21.7. The van der Waals surface area contributed by atoms with Gasteiger partial charge < -0.3 is 18.9 Å². The van der Waals surface area contributed by atoms with E-state index in [4.69, 9.17) is 18.9 Å². The molecular weight excluding hydrogens is 360 g/mol. The third kappa shape index (κ3) is 4.48. The predicted molar refractivity (Wildman–Crippen MR) is 101 cm³/mol. The molecule has 3 atom stereocenters. The molecule has 1 unspecified atom stereocenters. The minimum Gasteiger partial charge on any atom is -0.491 e. The van der Waals surface area contributed by atoms with E-state index in [0.29, 0.717) is 30.9 Å². The first kappa shape index (κ1) is 18.8. The number of ether oxygens (including phenoxy) is 4. The molecule has 0 radical (unpaired) electrons. The summed E-state index contributed by atoms with van der Waals surface area (Å²) in [5.74, 6) is 1.21. The molecule has 28 heavy (non-hydrogen) atoms. The molecule has 1 aromatic heterocycles. The van der Waals surface area contributed by atoms with E-state index in [1.807, 2.05) is 24.3 Å². The Kier molecular flexibility index (Phi) is 5.28. The van der Waals surface area contributed by atoms with Crippen LogP contribution in [0.3, 0.4) is 0 Å². The molecule has 2 aromatic rings. The number of benzene rings is 1. The van der Waals surface area contributed by atoms with Crippen LogP contribution in [0.1, 0.15) is 33.1 Å². The fourth-order valence-electron chi connectivity index (χ4n) is 2.82.